The van der Waals surface area contributed by atoms with Gasteiger partial charge in [-0.15, -0.1) is 10.2 Å². The summed E-state index contributed by atoms with van der Waals surface area (Å²) >= 11 is 0. The van der Waals surface area contributed by atoms with Crippen LogP contribution >= 0.6 is 0 Å². The minimum atomic E-state index is 0.238. The number of nitrogens with zero attached hydrogens (tertiary/aromatic N) is 4. The Morgan fingerprint density at radius 1 is 1.04 bits per heavy atom. The Morgan fingerprint density at radius 2 is 1.80 bits per heavy atom. The monoisotopic (exact) mass is 333 g/mol. The van der Waals surface area contributed by atoms with E-state index in [4.69, 9.17) is 20.3 Å². The SMILES string of the molecule is Cc1nnc2n1N=C(c1ccc(N)cc1)c1cc3c(cc1C2)OCO3. The predicted octanol–water partition coefficient (Wildman–Crippen LogP) is 2.10. The molecule has 0 saturated carbocycles. The third-order valence-electron chi connectivity index (χ3n) is 4.45. The average molecular weight is 333 g/mol. The molecule has 25 heavy (non-hydrogen) atoms. The Balaban J connectivity index is 1.78. The minimum absolute atomic E-state index is 0.238. The van der Waals surface area contributed by atoms with Crippen LogP contribution < -0.4 is 15.2 Å². The third kappa shape index (κ3) is 2.16. The van der Waals surface area contributed by atoms with Crippen LogP contribution in [0.4, 0.5) is 5.69 Å². The van der Waals surface area contributed by atoms with E-state index in [-0.39, 0.29) is 6.79 Å². The molecule has 2 aliphatic rings. The van der Waals surface area contributed by atoms with E-state index in [1.165, 1.54) is 0 Å². The Hall–Kier alpha value is -3.35. The van der Waals surface area contributed by atoms with Crippen LogP contribution in [0.3, 0.4) is 0 Å². The van der Waals surface area contributed by atoms with Crippen LogP contribution in [0.15, 0.2) is 41.5 Å². The van der Waals surface area contributed by atoms with Crippen molar-refractivity contribution in [1.29, 1.82) is 0 Å². The Labute approximate surface area is 143 Å². The van der Waals surface area contributed by atoms with E-state index in [9.17, 15) is 0 Å². The molecule has 0 unspecified atom stereocenters. The first-order chi connectivity index (χ1) is 12.2. The molecular formula is C18H15N5O2. The second-order valence-electron chi connectivity index (χ2n) is 6.09. The standard InChI is InChI=1S/C18H15N5O2/c1-10-20-21-17-7-12-6-15-16(25-9-24-15)8-14(12)18(22-23(10)17)11-2-4-13(19)5-3-11/h2-6,8H,7,9,19H2,1H3. The van der Waals surface area contributed by atoms with Gasteiger partial charge in [0.25, 0.3) is 0 Å². The molecular weight excluding hydrogens is 318 g/mol. The second kappa shape index (κ2) is 5.07. The number of nitrogens with two attached hydrogens (primary N) is 1. The van der Waals surface area contributed by atoms with E-state index >= 15 is 0 Å². The van der Waals surface area contributed by atoms with E-state index in [1.54, 1.807) is 4.68 Å². The molecule has 0 saturated heterocycles. The average Bonchev–Trinajstić information content (AvgIpc) is 3.16. The van der Waals surface area contributed by atoms with E-state index in [1.807, 2.05) is 43.3 Å². The first-order valence-corrected chi connectivity index (χ1v) is 7.98. The largest absolute Gasteiger partial charge is 0.454 e. The molecule has 3 heterocycles. The van der Waals surface area contributed by atoms with Crippen molar-refractivity contribution in [1.82, 2.24) is 14.9 Å². The lowest BCUT2D eigenvalue weighted by Crippen LogP contribution is -2.08. The van der Waals surface area contributed by atoms with E-state index in [0.29, 0.717) is 12.1 Å². The molecule has 1 aromatic heterocycles. The molecule has 0 atom stereocenters. The summed E-state index contributed by atoms with van der Waals surface area (Å²) in [6.45, 7) is 2.13. The van der Waals surface area contributed by atoms with Crippen molar-refractivity contribution in [2.75, 3.05) is 12.5 Å². The summed E-state index contributed by atoms with van der Waals surface area (Å²) in [4.78, 5) is 0. The molecule has 0 amide bonds. The second-order valence-corrected chi connectivity index (χ2v) is 6.09. The smallest absolute Gasteiger partial charge is 0.231 e. The number of aromatic nitrogens is 3. The molecule has 0 fully saturated rings. The lowest BCUT2D eigenvalue weighted by atomic mass is 9.95. The fourth-order valence-corrected chi connectivity index (χ4v) is 3.17. The number of fused-ring (bicyclic) bond motifs is 3. The van der Waals surface area contributed by atoms with Gasteiger partial charge in [0.2, 0.25) is 6.79 Å². The van der Waals surface area contributed by atoms with E-state index < -0.39 is 0 Å². The fraction of sp³-hybridized carbons (Fsp3) is 0.167. The van der Waals surface area contributed by atoms with Gasteiger partial charge in [0.05, 0.1) is 5.71 Å². The molecule has 2 aromatic carbocycles. The summed E-state index contributed by atoms with van der Waals surface area (Å²) in [7, 11) is 0. The highest BCUT2D eigenvalue weighted by Gasteiger charge is 2.25. The predicted molar refractivity (Wildman–Crippen MR) is 92.0 cm³/mol. The van der Waals surface area contributed by atoms with Crippen LogP contribution in [0.2, 0.25) is 0 Å². The van der Waals surface area contributed by atoms with Crippen molar-refractivity contribution in [2.45, 2.75) is 13.3 Å². The minimum Gasteiger partial charge on any atom is -0.454 e. The lowest BCUT2D eigenvalue weighted by molar-refractivity contribution is 0.174. The number of ether oxygens (including phenoxy) is 2. The van der Waals surface area contributed by atoms with Crippen molar-refractivity contribution < 1.29 is 9.47 Å². The highest BCUT2D eigenvalue weighted by atomic mass is 16.7. The van der Waals surface area contributed by atoms with Crippen LogP contribution in [-0.2, 0) is 6.42 Å². The van der Waals surface area contributed by atoms with Crippen molar-refractivity contribution in [3.05, 3.63) is 64.7 Å². The number of benzene rings is 2. The van der Waals surface area contributed by atoms with Crippen molar-refractivity contribution >= 4 is 11.4 Å². The zero-order chi connectivity index (χ0) is 17.0. The Morgan fingerprint density at radius 3 is 2.60 bits per heavy atom. The maximum atomic E-state index is 5.84. The van der Waals surface area contributed by atoms with Crippen LogP contribution in [0.5, 0.6) is 11.5 Å². The number of aryl methyl sites for hydroxylation is 1. The molecule has 3 aromatic rings. The molecule has 0 bridgehead atoms. The Bertz CT molecular complexity index is 1020. The van der Waals surface area contributed by atoms with Crippen molar-refractivity contribution in [2.24, 2.45) is 5.10 Å². The molecule has 7 heteroatoms. The number of anilines is 1. The van der Waals surface area contributed by atoms with Gasteiger partial charge in [-0.3, -0.25) is 0 Å². The summed E-state index contributed by atoms with van der Waals surface area (Å²) in [5, 5.41) is 13.3. The van der Waals surface area contributed by atoms with Gasteiger partial charge in [0, 0.05) is 23.2 Å². The topological polar surface area (TPSA) is 87.6 Å². The molecule has 7 nitrogen and oxygen atoms in total. The van der Waals surface area contributed by atoms with Gasteiger partial charge in [0.15, 0.2) is 23.1 Å². The van der Waals surface area contributed by atoms with E-state index in [0.717, 1.165) is 45.5 Å². The van der Waals surface area contributed by atoms with Gasteiger partial charge >= 0.3 is 0 Å². The molecule has 0 aliphatic carbocycles. The van der Waals surface area contributed by atoms with Gasteiger partial charge in [-0.05, 0) is 36.8 Å². The highest BCUT2D eigenvalue weighted by Crippen LogP contribution is 2.37. The first-order valence-electron chi connectivity index (χ1n) is 7.98. The summed E-state index contributed by atoms with van der Waals surface area (Å²) in [5.74, 6) is 3.02. The number of hydrogen-bond donors (Lipinski definition) is 1. The van der Waals surface area contributed by atoms with Crippen LogP contribution in [0.1, 0.15) is 28.3 Å². The van der Waals surface area contributed by atoms with Crippen LogP contribution in [0, 0.1) is 6.92 Å². The van der Waals surface area contributed by atoms with Gasteiger partial charge in [0.1, 0.15) is 0 Å². The first kappa shape index (κ1) is 14.0. The maximum absolute atomic E-state index is 5.84. The van der Waals surface area contributed by atoms with Gasteiger partial charge in [-0.2, -0.15) is 5.10 Å². The molecule has 0 radical (unpaired) electrons. The summed E-state index contributed by atoms with van der Waals surface area (Å²) < 4.78 is 12.9. The van der Waals surface area contributed by atoms with Gasteiger partial charge < -0.3 is 15.2 Å². The summed E-state index contributed by atoms with van der Waals surface area (Å²) in [6.07, 6.45) is 0.620. The third-order valence-corrected chi connectivity index (χ3v) is 4.45. The molecule has 124 valence electrons. The van der Waals surface area contributed by atoms with E-state index in [2.05, 4.69) is 10.2 Å². The molecule has 2 N–H and O–H groups in total. The number of rotatable bonds is 1. The molecule has 0 spiro atoms. The molecule has 5 rings (SSSR count). The lowest BCUT2D eigenvalue weighted by Gasteiger charge is -2.11. The van der Waals surface area contributed by atoms with Crippen LogP contribution in [-0.4, -0.2) is 27.4 Å². The zero-order valence-electron chi connectivity index (χ0n) is 13.6. The highest BCUT2D eigenvalue weighted by molar-refractivity contribution is 6.14. The number of hydrogen-bond acceptors (Lipinski definition) is 6. The normalized spacial score (nSPS) is 14.5. The molecule has 2 aliphatic heterocycles. The van der Waals surface area contributed by atoms with Crippen molar-refractivity contribution in [3.8, 4) is 11.5 Å². The Kier molecular flexibility index (Phi) is 2.85. The number of nitrogen functional groups attached to an aromatic ring is 1. The quantitative estimate of drug-likeness (QED) is 0.539. The van der Waals surface area contributed by atoms with Crippen LogP contribution in [0.25, 0.3) is 0 Å². The summed E-state index contributed by atoms with van der Waals surface area (Å²) in [6, 6.07) is 11.7. The van der Waals surface area contributed by atoms with Crippen molar-refractivity contribution in [3.63, 3.8) is 0 Å². The summed E-state index contributed by atoms with van der Waals surface area (Å²) in [5.41, 5.74) is 10.4. The van der Waals surface area contributed by atoms with Gasteiger partial charge in [-0.25, -0.2) is 4.68 Å². The maximum Gasteiger partial charge on any atom is 0.231 e. The van der Waals surface area contributed by atoms with Gasteiger partial charge in [-0.1, -0.05) is 12.1 Å². The zero-order valence-corrected chi connectivity index (χ0v) is 13.6. The fourth-order valence-electron chi connectivity index (χ4n) is 3.17.